The van der Waals surface area contributed by atoms with Gasteiger partial charge in [-0.3, -0.25) is 0 Å². The molecule has 0 aromatic rings. The molecule has 0 aliphatic heterocycles. The van der Waals surface area contributed by atoms with Gasteiger partial charge < -0.3 is 5.11 Å². The Labute approximate surface area is 132 Å². The van der Waals surface area contributed by atoms with Gasteiger partial charge in [0.25, 0.3) is 0 Å². The van der Waals surface area contributed by atoms with E-state index in [1.807, 2.05) is 6.92 Å². The van der Waals surface area contributed by atoms with Crippen molar-refractivity contribution in [1.82, 2.24) is 0 Å². The third-order valence-corrected chi connectivity index (χ3v) is 5.60. The van der Waals surface area contributed by atoms with E-state index in [2.05, 4.69) is 60.6 Å². The van der Waals surface area contributed by atoms with Crippen LogP contribution in [-0.2, 0) is 0 Å². The molecule has 0 heterocycles. The molecule has 0 radical (unpaired) electrons. The molecular weight excluding hydrogens is 256 g/mol. The van der Waals surface area contributed by atoms with Crippen LogP contribution in [-0.4, -0.2) is 10.7 Å². The molecule has 21 heavy (non-hydrogen) atoms. The van der Waals surface area contributed by atoms with Gasteiger partial charge in [-0.25, -0.2) is 0 Å². The number of hydrogen-bond acceptors (Lipinski definition) is 1. The molecule has 1 N–H and O–H groups in total. The summed E-state index contributed by atoms with van der Waals surface area (Å²) in [5, 5.41) is 11.1. The van der Waals surface area contributed by atoms with Crippen molar-refractivity contribution < 1.29 is 5.11 Å². The Kier molecular flexibility index (Phi) is 5.89. The van der Waals surface area contributed by atoms with Crippen LogP contribution in [0.3, 0.4) is 0 Å². The second-order valence-electron chi connectivity index (χ2n) is 8.34. The molecule has 1 aliphatic carbocycles. The molecule has 0 spiro atoms. The fraction of sp³-hybridized carbons (Fsp3) is 0.800. The van der Waals surface area contributed by atoms with Gasteiger partial charge in [-0.1, -0.05) is 52.3 Å². The minimum absolute atomic E-state index is 0.282. The van der Waals surface area contributed by atoms with Crippen LogP contribution in [0.4, 0.5) is 0 Å². The van der Waals surface area contributed by atoms with Crippen molar-refractivity contribution in [3.8, 4) is 0 Å². The summed E-state index contributed by atoms with van der Waals surface area (Å²) < 4.78 is 0. The fourth-order valence-corrected chi connectivity index (χ4v) is 4.00. The molecule has 122 valence electrons. The zero-order valence-corrected chi connectivity index (χ0v) is 15.5. The van der Waals surface area contributed by atoms with Gasteiger partial charge in [0.1, 0.15) is 0 Å². The highest BCUT2D eigenvalue weighted by atomic mass is 16.3. The predicted molar refractivity (Wildman–Crippen MR) is 93.3 cm³/mol. The van der Waals surface area contributed by atoms with E-state index in [9.17, 15) is 5.11 Å². The summed E-state index contributed by atoms with van der Waals surface area (Å²) in [6.07, 6.45) is 7.45. The minimum atomic E-state index is -0.673. The Bertz CT molecular complexity index is 408. The van der Waals surface area contributed by atoms with Crippen LogP contribution in [0.25, 0.3) is 0 Å². The van der Waals surface area contributed by atoms with E-state index in [-0.39, 0.29) is 5.41 Å². The van der Waals surface area contributed by atoms with Gasteiger partial charge in [0, 0.05) is 0 Å². The zero-order valence-electron chi connectivity index (χ0n) is 15.5. The zero-order chi connectivity index (χ0) is 16.4. The molecule has 0 fully saturated rings. The monoisotopic (exact) mass is 292 g/mol. The lowest BCUT2D eigenvalue weighted by Crippen LogP contribution is -2.39. The summed E-state index contributed by atoms with van der Waals surface area (Å²) in [4.78, 5) is 0. The first-order valence-electron chi connectivity index (χ1n) is 8.58. The van der Waals surface area contributed by atoms with Crippen LogP contribution >= 0.6 is 0 Å². The summed E-state index contributed by atoms with van der Waals surface area (Å²) in [6.45, 7) is 17.9. The highest BCUT2D eigenvalue weighted by Crippen LogP contribution is 2.54. The first kappa shape index (κ1) is 18.5. The lowest BCUT2D eigenvalue weighted by Gasteiger charge is -2.43. The van der Waals surface area contributed by atoms with E-state index in [1.54, 1.807) is 0 Å². The van der Waals surface area contributed by atoms with Gasteiger partial charge in [0.2, 0.25) is 0 Å². The van der Waals surface area contributed by atoms with Crippen LogP contribution < -0.4 is 0 Å². The summed E-state index contributed by atoms with van der Waals surface area (Å²) >= 11 is 0. The first-order chi connectivity index (χ1) is 9.52. The predicted octanol–water partition coefficient (Wildman–Crippen LogP) is 5.75. The molecule has 0 aromatic heterocycles. The molecule has 1 heteroatoms. The lowest BCUT2D eigenvalue weighted by atomic mass is 9.63. The summed E-state index contributed by atoms with van der Waals surface area (Å²) in [5.74, 6) is 1.69. The molecule has 1 rings (SSSR count). The van der Waals surface area contributed by atoms with E-state index < -0.39 is 5.60 Å². The van der Waals surface area contributed by atoms with Crippen molar-refractivity contribution in [3.63, 3.8) is 0 Å². The maximum atomic E-state index is 11.1. The smallest absolute Gasteiger partial charge is 0.0834 e. The summed E-state index contributed by atoms with van der Waals surface area (Å²) in [5.41, 5.74) is 2.23. The molecule has 0 saturated heterocycles. The van der Waals surface area contributed by atoms with Gasteiger partial charge in [0.05, 0.1) is 5.60 Å². The Morgan fingerprint density at radius 1 is 1.38 bits per heavy atom. The molecule has 1 aliphatic rings. The van der Waals surface area contributed by atoms with Crippen molar-refractivity contribution in [2.24, 2.45) is 23.2 Å². The normalized spacial score (nSPS) is 28.7. The molecule has 0 amide bonds. The lowest BCUT2D eigenvalue weighted by molar-refractivity contribution is 0.0455. The Hall–Kier alpha value is -0.560. The Morgan fingerprint density at radius 3 is 2.38 bits per heavy atom. The van der Waals surface area contributed by atoms with Gasteiger partial charge in [0.15, 0.2) is 0 Å². The van der Waals surface area contributed by atoms with Gasteiger partial charge in [-0.05, 0) is 68.8 Å². The average Bonchev–Trinajstić information content (AvgIpc) is 2.68. The maximum Gasteiger partial charge on any atom is 0.0834 e. The largest absolute Gasteiger partial charge is 0.386 e. The molecule has 0 bridgehead atoms. The fourth-order valence-electron chi connectivity index (χ4n) is 4.00. The van der Waals surface area contributed by atoms with Crippen molar-refractivity contribution in [3.05, 3.63) is 23.3 Å². The molecule has 1 nitrogen and oxygen atoms in total. The van der Waals surface area contributed by atoms with Crippen LogP contribution in [0, 0.1) is 23.2 Å². The number of hydrogen-bond donors (Lipinski definition) is 1. The van der Waals surface area contributed by atoms with Crippen molar-refractivity contribution in [1.29, 1.82) is 0 Å². The van der Waals surface area contributed by atoms with Crippen LogP contribution in [0.1, 0.15) is 74.7 Å². The second-order valence-corrected chi connectivity index (χ2v) is 8.34. The summed E-state index contributed by atoms with van der Waals surface area (Å²) in [7, 11) is 0. The SMILES string of the molecule is CC(C)=CCC[C@@](C)(O)C1=CC[C@](C)(C(C)C)[C@H]1C(C)C. The van der Waals surface area contributed by atoms with Crippen molar-refractivity contribution >= 4 is 0 Å². The van der Waals surface area contributed by atoms with Crippen LogP contribution in [0.2, 0.25) is 0 Å². The Morgan fingerprint density at radius 2 is 1.95 bits per heavy atom. The van der Waals surface area contributed by atoms with Gasteiger partial charge in [-0.15, -0.1) is 0 Å². The maximum absolute atomic E-state index is 11.1. The van der Waals surface area contributed by atoms with Crippen molar-refractivity contribution in [2.75, 3.05) is 0 Å². The van der Waals surface area contributed by atoms with Crippen LogP contribution in [0.5, 0.6) is 0 Å². The quantitative estimate of drug-likeness (QED) is 0.618. The molecular formula is C20H36O. The highest BCUT2D eigenvalue weighted by Gasteiger charge is 2.48. The van der Waals surface area contributed by atoms with Crippen molar-refractivity contribution in [2.45, 2.75) is 80.3 Å². The number of rotatable bonds is 6. The van der Waals surface area contributed by atoms with E-state index in [0.717, 1.165) is 19.3 Å². The Balaban J connectivity index is 2.98. The van der Waals surface area contributed by atoms with E-state index in [4.69, 9.17) is 0 Å². The van der Waals surface area contributed by atoms with E-state index in [0.29, 0.717) is 17.8 Å². The molecule has 0 unspecified atom stereocenters. The summed E-state index contributed by atoms with van der Waals surface area (Å²) in [6, 6.07) is 0. The van der Waals surface area contributed by atoms with Gasteiger partial charge in [-0.2, -0.15) is 0 Å². The third kappa shape index (κ3) is 4.00. The van der Waals surface area contributed by atoms with Gasteiger partial charge >= 0.3 is 0 Å². The third-order valence-electron chi connectivity index (χ3n) is 5.60. The van der Waals surface area contributed by atoms with Crippen LogP contribution in [0.15, 0.2) is 23.3 Å². The topological polar surface area (TPSA) is 20.2 Å². The highest BCUT2D eigenvalue weighted by molar-refractivity contribution is 5.28. The minimum Gasteiger partial charge on any atom is -0.386 e. The van der Waals surface area contributed by atoms with E-state index >= 15 is 0 Å². The number of allylic oxidation sites excluding steroid dienone is 3. The average molecular weight is 293 g/mol. The second kappa shape index (κ2) is 6.69. The van der Waals surface area contributed by atoms with E-state index in [1.165, 1.54) is 11.1 Å². The molecule has 0 aromatic carbocycles. The number of aliphatic hydroxyl groups is 1. The molecule has 0 saturated carbocycles. The molecule has 3 atom stereocenters. The first-order valence-corrected chi connectivity index (χ1v) is 8.58. The standard InChI is InChI=1S/C20H36O/c1-14(2)10-9-12-20(8,21)17-11-13-19(7,16(5)6)18(17)15(3)4/h10-11,15-16,18,21H,9,12-13H2,1-8H3/t18-,19+,20+/m0/s1.